The molecule has 15 heavy (non-hydrogen) atoms. The lowest BCUT2D eigenvalue weighted by Crippen LogP contribution is -2.21. The Hall–Kier alpha value is -2.17. The lowest BCUT2D eigenvalue weighted by Gasteiger charge is -2.01. The Kier molecular flexibility index (Phi) is 3.17. The van der Waals surface area contributed by atoms with Crippen molar-refractivity contribution in [3.63, 3.8) is 0 Å². The van der Waals surface area contributed by atoms with Crippen molar-refractivity contribution in [2.24, 2.45) is 0 Å². The van der Waals surface area contributed by atoms with Gasteiger partial charge in [0, 0.05) is 13.0 Å². The highest BCUT2D eigenvalue weighted by Crippen LogP contribution is 2.08. The van der Waals surface area contributed by atoms with Gasteiger partial charge in [0.05, 0.1) is 10.9 Å². The van der Waals surface area contributed by atoms with Gasteiger partial charge in [0.25, 0.3) is 0 Å². The molecular formula is C10H8NO4-. The molecule has 0 unspecified atom stereocenters. The molecule has 0 atom stereocenters. The maximum absolute atomic E-state index is 10.4. The second-order valence-corrected chi connectivity index (χ2v) is 2.95. The van der Waals surface area contributed by atoms with Gasteiger partial charge in [-0.1, -0.05) is 24.3 Å². The third-order valence-corrected chi connectivity index (χ3v) is 1.81. The summed E-state index contributed by atoms with van der Waals surface area (Å²) in [6.07, 6.45) is 1.36. The fourth-order valence-electron chi connectivity index (χ4n) is 1.01. The molecule has 0 saturated heterocycles. The summed E-state index contributed by atoms with van der Waals surface area (Å²) in [5.74, 6) is -1.27. The average Bonchev–Trinajstić information content (AvgIpc) is 2.18. The minimum Gasteiger partial charge on any atom is -0.545 e. The third-order valence-electron chi connectivity index (χ3n) is 1.81. The van der Waals surface area contributed by atoms with Crippen molar-refractivity contribution in [1.82, 2.24) is 0 Å². The van der Waals surface area contributed by atoms with Crippen LogP contribution in [0.3, 0.4) is 0 Å². The Bertz CT molecular complexity index is 420. The molecule has 0 aliphatic carbocycles. The van der Waals surface area contributed by atoms with Gasteiger partial charge in [-0.15, -0.1) is 0 Å². The highest BCUT2D eigenvalue weighted by atomic mass is 16.6. The molecule has 0 spiro atoms. The topological polar surface area (TPSA) is 83.3 Å². The number of allylic oxidation sites excluding steroid dienone is 1. The van der Waals surface area contributed by atoms with Gasteiger partial charge < -0.3 is 9.90 Å². The number of carboxylic acids is 1. The number of aromatic carboxylic acids is 1. The molecule has 0 radical (unpaired) electrons. The molecule has 78 valence electrons. The number of carboxylic acid groups (broad SMARTS) is 1. The van der Waals surface area contributed by atoms with E-state index in [0.29, 0.717) is 5.56 Å². The van der Waals surface area contributed by atoms with Crippen LogP contribution in [0.2, 0.25) is 0 Å². The second-order valence-electron chi connectivity index (χ2n) is 2.95. The second kappa shape index (κ2) is 4.36. The maximum Gasteiger partial charge on any atom is 0.243 e. The van der Waals surface area contributed by atoms with Crippen molar-refractivity contribution in [3.8, 4) is 0 Å². The molecule has 0 N–H and O–H groups in total. The molecule has 5 nitrogen and oxygen atoms in total. The Morgan fingerprint density at radius 1 is 1.33 bits per heavy atom. The largest absolute Gasteiger partial charge is 0.545 e. The standard InChI is InChI=1S/C10H9NO4/c1-7(11(14)15)6-8-2-4-9(5-3-8)10(12)13/h2-6H,1H3,(H,12,13)/p-1/b7-6+. The summed E-state index contributed by atoms with van der Waals surface area (Å²) in [6, 6.07) is 5.65. The van der Waals surface area contributed by atoms with E-state index >= 15 is 0 Å². The van der Waals surface area contributed by atoms with Crippen LogP contribution in [-0.2, 0) is 0 Å². The van der Waals surface area contributed by atoms with Crippen LogP contribution < -0.4 is 5.11 Å². The van der Waals surface area contributed by atoms with Crippen molar-refractivity contribution in [2.75, 3.05) is 0 Å². The molecule has 1 aromatic carbocycles. The highest BCUT2D eigenvalue weighted by Gasteiger charge is 2.01. The zero-order valence-electron chi connectivity index (χ0n) is 7.97. The van der Waals surface area contributed by atoms with Gasteiger partial charge in [-0.05, 0) is 11.1 Å². The first-order valence-corrected chi connectivity index (χ1v) is 4.15. The summed E-state index contributed by atoms with van der Waals surface area (Å²) in [5, 5.41) is 20.7. The van der Waals surface area contributed by atoms with Crippen LogP contribution in [0.5, 0.6) is 0 Å². The van der Waals surface area contributed by atoms with Crippen LogP contribution in [0.15, 0.2) is 30.0 Å². The molecule has 0 fully saturated rings. The fourth-order valence-corrected chi connectivity index (χ4v) is 1.01. The fraction of sp³-hybridized carbons (Fsp3) is 0.100. The lowest BCUT2D eigenvalue weighted by molar-refractivity contribution is -0.422. The predicted octanol–water partition coefficient (Wildman–Crippen LogP) is 0.688. The van der Waals surface area contributed by atoms with Crippen molar-refractivity contribution < 1.29 is 14.8 Å². The number of carbonyl (C=O) groups excluding carboxylic acids is 1. The molecule has 0 aromatic heterocycles. The van der Waals surface area contributed by atoms with E-state index in [9.17, 15) is 20.0 Å². The first-order chi connectivity index (χ1) is 7.00. The van der Waals surface area contributed by atoms with Crippen LogP contribution in [0.4, 0.5) is 0 Å². The summed E-state index contributed by atoms with van der Waals surface area (Å²) in [6.45, 7) is 1.37. The van der Waals surface area contributed by atoms with Gasteiger partial charge in [-0.2, -0.15) is 0 Å². The monoisotopic (exact) mass is 206 g/mol. The first-order valence-electron chi connectivity index (χ1n) is 4.15. The molecule has 0 saturated carbocycles. The molecule has 1 rings (SSSR count). The molecule has 0 amide bonds. The summed E-state index contributed by atoms with van der Waals surface area (Å²) < 4.78 is 0. The minimum absolute atomic E-state index is 0.00352. The summed E-state index contributed by atoms with van der Waals surface area (Å²) in [5.41, 5.74) is 0.622. The summed E-state index contributed by atoms with van der Waals surface area (Å²) in [4.78, 5) is 20.2. The smallest absolute Gasteiger partial charge is 0.243 e. The Morgan fingerprint density at radius 2 is 1.87 bits per heavy atom. The zero-order valence-corrected chi connectivity index (χ0v) is 7.97. The number of nitro groups is 1. The number of rotatable bonds is 3. The normalized spacial score (nSPS) is 11.1. The number of nitrogens with zero attached hydrogens (tertiary/aromatic N) is 1. The molecule has 0 aliphatic rings. The van der Waals surface area contributed by atoms with Crippen LogP contribution in [-0.4, -0.2) is 10.9 Å². The molecule has 1 aromatic rings. The van der Waals surface area contributed by atoms with E-state index in [4.69, 9.17) is 0 Å². The zero-order chi connectivity index (χ0) is 11.4. The van der Waals surface area contributed by atoms with Crippen LogP contribution in [0.25, 0.3) is 6.08 Å². The van der Waals surface area contributed by atoms with E-state index in [1.165, 1.54) is 37.3 Å². The number of hydrogen-bond donors (Lipinski definition) is 0. The third kappa shape index (κ3) is 2.91. The lowest BCUT2D eigenvalue weighted by atomic mass is 10.1. The van der Waals surface area contributed by atoms with E-state index in [1.54, 1.807) is 0 Å². The molecule has 0 aliphatic heterocycles. The number of hydrogen-bond acceptors (Lipinski definition) is 4. The minimum atomic E-state index is -1.27. The first kappa shape index (κ1) is 10.9. The van der Waals surface area contributed by atoms with Crippen molar-refractivity contribution in [1.29, 1.82) is 0 Å². The van der Waals surface area contributed by atoms with Gasteiger partial charge in [-0.25, -0.2) is 0 Å². The van der Waals surface area contributed by atoms with Gasteiger partial charge in [0.1, 0.15) is 0 Å². The molecule has 0 bridgehead atoms. The van der Waals surface area contributed by atoms with Crippen LogP contribution in [0.1, 0.15) is 22.8 Å². The van der Waals surface area contributed by atoms with E-state index < -0.39 is 10.9 Å². The molecule has 5 heteroatoms. The SMILES string of the molecule is C/C(=C\c1ccc(C(=O)[O-])cc1)[N+](=O)[O-]. The van der Waals surface area contributed by atoms with Gasteiger partial charge in [-0.3, -0.25) is 10.1 Å². The average molecular weight is 206 g/mol. The van der Waals surface area contributed by atoms with E-state index in [0.717, 1.165) is 0 Å². The molecular weight excluding hydrogens is 198 g/mol. The molecule has 0 heterocycles. The maximum atomic E-state index is 10.4. The Morgan fingerprint density at radius 3 is 2.27 bits per heavy atom. The quantitative estimate of drug-likeness (QED) is 0.538. The van der Waals surface area contributed by atoms with Crippen LogP contribution >= 0.6 is 0 Å². The summed E-state index contributed by atoms with van der Waals surface area (Å²) >= 11 is 0. The van der Waals surface area contributed by atoms with E-state index in [1.807, 2.05) is 0 Å². The van der Waals surface area contributed by atoms with Gasteiger partial charge in [0.15, 0.2) is 0 Å². The Labute approximate surface area is 85.8 Å². The van der Waals surface area contributed by atoms with Gasteiger partial charge >= 0.3 is 0 Å². The summed E-state index contributed by atoms with van der Waals surface area (Å²) in [7, 11) is 0. The van der Waals surface area contributed by atoms with E-state index in [-0.39, 0.29) is 11.3 Å². The highest BCUT2D eigenvalue weighted by molar-refractivity contribution is 5.85. The Balaban J connectivity index is 2.95. The number of benzene rings is 1. The van der Waals surface area contributed by atoms with Crippen molar-refractivity contribution in [2.45, 2.75) is 6.92 Å². The van der Waals surface area contributed by atoms with Crippen molar-refractivity contribution in [3.05, 3.63) is 51.2 Å². The van der Waals surface area contributed by atoms with E-state index in [2.05, 4.69) is 0 Å². The van der Waals surface area contributed by atoms with Crippen molar-refractivity contribution >= 4 is 12.0 Å². The predicted molar refractivity (Wildman–Crippen MR) is 51.4 cm³/mol. The number of carbonyl (C=O) groups is 1. The van der Waals surface area contributed by atoms with Crippen LogP contribution in [0, 0.1) is 10.1 Å². The van der Waals surface area contributed by atoms with Gasteiger partial charge in [0.2, 0.25) is 5.70 Å².